The predicted octanol–water partition coefficient (Wildman–Crippen LogP) is 3.73. The lowest BCUT2D eigenvalue weighted by molar-refractivity contribution is -0.137. The minimum absolute atomic E-state index is 0.0985. The quantitative estimate of drug-likeness (QED) is 0.664. The van der Waals surface area contributed by atoms with Gasteiger partial charge in [0.2, 0.25) is 0 Å². The Labute approximate surface area is 143 Å². The van der Waals surface area contributed by atoms with Crippen LogP contribution in [0.3, 0.4) is 0 Å². The number of hydrogen-bond acceptors (Lipinski definition) is 4. The molecule has 134 valence electrons. The second kappa shape index (κ2) is 5.79. The molecule has 1 fully saturated rings. The van der Waals surface area contributed by atoms with Crippen LogP contribution in [0.5, 0.6) is 0 Å². The summed E-state index contributed by atoms with van der Waals surface area (Å²) in [5.41, 5.74) is -0.759. The second-order valence-electron chi connectivity index (χ2n) is 5.94. The Bertz CT molecular complexity index is 1010. The van der Waals surface area contributed by atoms with E-state index in [4.69, 9.17) is 4.42 Å². The van der Waals surface area contributed by atoms with Crippen molar-refractivity contribution in [2.75, 3.05) is 0 Å². The Morgan fingerprint density at radius 1 is 1.15 bits per heavy atom. The van der Waals surface area contributed by atoms with Crippen LogP contribution in [0.25, 0.3) is 17.1 Å². The lowest BCUT2D eigenvalue weighted by Crippen LogP contribution is -2.22. The number of rotatable bonds is 3. The molecule has 4 rings (SSSR count). The number of hydrogen-bond donors (Lipinski definition) is 0. The average Bonchev–Trinajstić information content (AvgIpc) is 3.14. The van der Waals surface area contributed by atoms with Crippen molar-refractivity contribution < 1.29 is 22.0 Å². The molecule has 5 nitrogen and oxygen atoms in total. The van der Waals surface area contributed by atoms with Gasteiger partial charge >= 0.3 is 11.9 Å². The van der Waals surface area contributed by atoms with Gasteiger partial charge in [0.25, 0.3) is 0 Å². The van der Waals surface area contributed by atoms with Gasteiger partial charge in [-0.2, -0.15) is 23.1 Å². The molecule has 0 amide bonds. The Hall–Kier alpha value is -2.97. The zero-order valence-corrected chi connectivity index (χ0v) is 13.1. The van der Waals surface area contributed by atoms with Crippen molar-refractivity contribution in [2.45, 2.75) is 24.7 Å². The van der Waals surface area contributed by atoms with Crippen molar-refractivity contribution >= 4 is 0 Å². The Morgan fingerprint density at radius 2 is 1.85 bits per heavy atom. The molecular formula is C17H11F4N3O2. The molecule has 1 aromatic carbocycles. The third-order valence-corrected chi connectivity index (χ3v) is 4.17. The fourth-order valence-corrected chi connectivity index (χ4v) is 2.67. The molecule has 0 unspecified atom stereocenters. The molecule has 9 heteroatoms. The standard InChI is InChI=1S/C17H11F4N3O2/c18-12-7-11(12)13-5-6-24(16(25)23-13)15-14(26-8-22-15)9-1-3-10(4-2-9)17(19,20)21/h1-6,8,11-12H,7H2/t11-,12-/m1/s1. The summed E-state index contributed by atoms with van der Waals surface area (Å²) in [6, 6.07) is 5.83. The lowest BCUT2D eigenvalue weighted by Gasteiger charge is -2.08. The molecule has 26 heavy (non-hydrogen) atoms. The zero-order valence-electron chi connectivity index (χ0n) is 13.1. The van der Waals surface area contributed by atoms with E-state index in [0.29, 0.717) is 17.7 Å². The summed E-state index contributed by atoms with van der Waals surface area (Å²) in [6.07, 6.45) is -2.59. The van der Waals surface area contributed by atoms with Gasteiger partial charge in [-0.3, -0.25) is 0 Å². The molecule has 1 aliphatic carbocycles. The van der Waals surface area contributed by atoms with Gasteiger partial charge in [0.15, 0.2) is 18.0 Å². The van der Waals surface area contributed by atoms with Crippen LogP contribution in [-0.4, -0.2) is 20.7 Å². The van der Waals surface area contributed by atoms with Gasteiger partial charge in [0, 0.05) is 17.7 Å². The zero-order chi connectivity index (χ0) is 18.5. The van der Waals surface area contributed by atoms with Crippen molar-refractivity contribution in [3.05, 3.63) is 64.7 Å². The van der Waals surface area contributed by atoms with Crippen LogP contribution in [0, 0.1) is 0 Å². The smallest absolute Gasteiger partial charge is 0.416 e. The highest BCUT2D eigenvalue weighted by atomic mass is 19.4. The van der Waals surface area contributed by atoms with Crippen molar-refractivity contribution in [2.24, 2.45) is 0 Å². The third-order valence-electron chi connectivity index (χ3n) is 4.17. The van der Waals surface area contributed by atoms with Crippen molar-refractivity contribution in [1.29, 1.82) is 0 Å². The van der Waals surface area contributed by atoms with E-state index in [1.54, 1.807) is 0 Å². The first kappa shape index (κ1) is 16.5. The molecule has 0 aliphatic heterocycles. The first-order valence-corrected chi connectivity index (χ1v) is 7.70. The van der Waals surface area contributed by atoms with Crippen molar-refractivity contribution in [3.63, 3.8) is 0 Å². The minimum Gasteiger partial charge on any atom is -0.441 e. The topological polar surface area (TPSA) is 60.9 Å². The monoisotopic (exact) mass is 365 g/mol. The highest BCUT2D eigenvalue weighted by Gasteiger charge is 2.40. The van der Waals surface area contributed by atoms with Crippen LogP contribution < -0.4 is 5.69 Å². The molecule has 0 spiro atoms. The van der Waals surface area contributed by atoms with Gasteiger partial charge in [-0.25, -0.2) is 13.8 Å². The Kier molecular flexibility index (Phi) is 3.67. The first-order chi connectivity index (χ1) is 12.3. The normalized spacial score (nSPS) is 19.5. The van der Waals surface area contributed by atoms with Crippen LogP contribution >= 0.6 is 0 Å². The molecule has 3 aromatic rings. The van der Waals surface area contributed by atoms with Gasteiger partial charge in [-0.05, 0) is 24.6 Å². The van der Waals surface area contributed by atoms with Crippen molar-refractivity contribution in [3.8, 4) is 17.1 Å². The van der Waals surface area contributed by atoms with E-state index in [9.17, 15) is 22.4 Å². The third kappa shape index (κ3) is 2.89. The van der Waals surface area contributed by atoms with Gasteiger partial charge < -0.3 is 4.42 Å². The fourth-order valence-electron chi connectivity index (χ4n) is 2.67. The number of nitrogens with zero attached hydrogens (tertiary/aromatic N) is 3. The molecule has 1 aliphatic rings. The minimum atomic E-state index is -4.45. The number of halogens is 4. The number of alkyl halides is 4. The molecule has 0 bridgehead atoms. The maximum absolute atomic E-state index is 13.1. The SMILES string of the molecule is O=c1nc([C@@H]2C[C@H]2F)ccn1-c1ncoc1-c1ccc(C(F)(F)F)cc1. The largest absolute Gasteiger partial charge is 0.441 e. The van der Waals surface area contributed by atoms with E-state index < -0.39 is 23.6 Å². The molecule has 0 N–H and O–H groups in total. The molecule has 2 atom stereocenters. The summed E-state index contributed by atoms with van der Waals surface area (Å²) in [6.45, 7) is 0. The van der Waals surface area contributed by atoms with Crippen molar-refractivity contribution in [1.82, 2.24) is 14.5 Å². The fraction of sp³-hybridized carbons (Fsp3) is 0.235. The summed E-state index contributed by atoms with van der Waals surface area (Å²) in [4.78, 5) is 20.1. The summed E-state index contributed by atoms with van der Waals surface area (Å²) < 4.78 is 57.5. The highest BCUT2D eigenvalue weighted by molar-refractivity contribution is 5.65. The van der Waals surface area contributed by atoms with E-state index in [2.05, 4.69) is 9.97 Å². The Balaban J connectivity index is 1.70. The van der Waals surface area contributed by atoms with Gasteiger partial charge in [-0.15, -0.1) is 0 Å². The van der Waals surface area contributed by atoms with Gasteiger partial charge in [0.1, 0.15) is 6.17 Å². The van der Waals surface area contributed by atoms with Crippen LogP contribution in [0.1, 0.15) is 23.6 Å². The van der Waals surface area contributed by atoms with E-state index in [0.717, 1.165) is 23.1 Å². The number of aromatic nitrogens is 3. The molecule has 2 heterocycles. The maximum atomic E-state index is 13.1. The summed E-state index contributed by atoms with van der Waals surface area (Å²) >= 11 is 0. The number of oxazole rings is 1. The van der Waals surface area contributed by atoms with Gasteiger partial charge in [-0.1, -0.05) is 12.1 Å². The number of benzene rings is 1. The summed E-state index contributed by atoms with van der Waals surface area (Å²) in [7, 11) is 0. The van der Waals surface area contributed by atoms with Crippen LogP contribution in [0.15, 0.2) is 52.1 Å². The lowest BCUT2D eigenvalue weighted by atomic mass is 10.1. The van der Waals surface area contributed by atoms with E-state index in [-0.39, 0.29) is 17.5 Å². The van der Waals surface area contributed by atoms with Crippen LogP contribution in [-0.2, 0) is 6.18 Å². The first-order valence-electron chi connectivity index (χ1n) is 7.70. The molecule has 0 saturated heterocycles. The van der Waals surface area contributed by atoms with E-state index in [1.165, 1.54) is 24.4 Å². The van der Waals surface area contributed by atoms with Crippen LogP contribution in [0.2, 0.25) is 0 Å². The summed E-state index contributed by atoms with van der Waals surface area (Å²) in [5.74, 6) is -0.129. The molecule has 2 aromatic heterocycles. The average molecular weight is 365 g/mol. The second-order valence-corrected chi connectivity index (χ2v) is 5.94. The van der Waals surface area contributed by atoms with E-state index in [1.807, 2.05) is 0 Å². The molecular weight excluding hydrogens is 354 g/mol. The maximum Gasteiger partial charge on any atom is 0.416 e. The predicted molar refractivity (Wildman–Crippen MR) is 82.6 cm³/mol. The Morgan fingerprint density at radius 3 is 2.42 bits per heavy atom. The highest BCUT2D eigenvalue weighted by Crippen LogP contribution is 2.42. The molecule has 1 saturated carbocycles. The van der Waals surface area contributed by atoms with Crippen LogP contribution in [0.4, 0.5) is 17.6 Å². The van der Waals surface area contributed by atoms with E-state index >= 15 is 0 Å². The molecule has 0 radical (unpaired) electrons. The van der Waals surface area contributed by atoms with Gasteiger partial charge in [0.05, 0.1) is 11.3 Å². The summed E-state index contributed by atoms with van der Waals surface area (Å²) in [5, 5.41) is 0.